The first-order chi connectivity index (χ1) is 11.7. The number of nitrogens with one attached hydrogen (secondary N) is 2. The number of amides is 1. The summed E-state index contributed by atoms with van der Waals surface area (Å²) < 4.78 is 0. The average molecular weight is 331 g/mol. The molecule has 1 aromatic rings. The van der Waals surface area contributed by atoms with Gasteiger partial charge in [0.05, 0.1) is 0 Å². The first-order valence-electron chi connectivity index (χ1n) is 8.79. The van der Waals surface area contributed by atoms with Crippen molar-refractivity contribution in [1.82, 2.24) is 20.4 Å². The van der Waals surface area contributed by atoms with Crippen LogP contribution in [0, 0.1) is 0 Å². The number of carbonyl (C=O) groups is 1. The Labute approximate surface area is 144 Å². The Morgan fingerprint density at radius 2 is 1.71 bits per heavy atom. The molecule has 1 saturated heterocycles. The van der Waals surface area contributed by atoms with Gasteiger partial charge in [0.25, 0.3) is 0 Å². The first kappa shape index (κ1) is 18.3. The molecule has 24 heavy (non-hydrogen) atoms. The highest BCUT2D eigenvalue weighted by molar-refractivity contribution is 5.85. The number of carbonyl (C=O) groups excluding carboxylic acids is 1. The second kappa shape index (κ2) is 9.93. The Bertz CT molecular complexity index is 523. The van der Waals surface area contributed by atoms with Crippen LogP contribution < -0.4 is 10.6 Å². The number of guanidine groups is 1. The van der Waals surface area contributed by atoms with Crippen molar-refractivity contribution in [3.63, 3.8) is 0 Å². The van der Waals surface area contributed by atoms with E-state index >= 15 is 0 Å². The Morgan fingerprint density at radius 1 is 1.04 bits per heavy atom. The summed E-state index contributed by atoms with van der Waals surface area (Å²) in [6.07, 6.45) is 0. The summed E-state index contributed by atoms with van der Waals surface area (Å²) in [6.45, 7) is 10.4. The molecule has 0 bridgehead atoms. The molecule has 2 rings (SSSR count). The SMILES string of the molecule is CCNC(=O)CN=C(NCC)N1CCN(Cc2ccccc2)CC1. The van der Waals surface area contributed by atoms with E-state index in [0.717, 1.165) is 45.2 Å². The molecule has 6 heteroatoms. The molecule has 6 nitrogen and oxygen atoms in total. The van der Waals surface area contributed by atoms with Crippen LogP contribution in [0.3, 0.4) is 0 Å². The maximum Gasteiger partial charge on any atom is 0.241 e. The molecule has 0 unspecified atom stereocenters. The topological polar surface area (TPSA) is 60.0 Å². The summed E-state index contributed by atoms with van der Waals surface area (Å²) in [5.74, 6) is 0.804. The predicted octanol–water partition coefficient (Wildman–Crippen LogP) is 0.906. The Kier molecular flexibility index (Phi) is 7.55. The van der Waals surface area contributed by atoms with Crippen LogP contribution in [0.25, 0.3) is 0 Å². The third kappa shape index (κ3) is 5.85. The Hall–Kier alpha value is -2.08. The van der Waals surface area contributed by atoms with Crippen molar-refractivity contribution in [1.29, 1.82) is 0 Å². The minimum absolute atomic E-state index is 0.0318. The molecule has 1 heterocycles. The summed E-state index contributed by atoms with van der Waals surface area (Å²) in [4.78, 5) is 20.8. The molecule has 1 fully saturated rings. The molecule has 0 saturated carbocycles. The van der Waals surface area contributed by atoms with E-state index in [2.05, 4.69) is 55.8 Å². The maximum absolute atomic E-state index is 11.6. The highest BCUT2D eigenvalue weighted by atomic mass is 16.1. The minimum Gasteiger partial charge on any atom is -0.357 e. The third-order valence-electron chi connectivity index (χ3n) is 4.00. The monoisotopic (exact) mass is 331 g/mol. The molecule has 1 aliphatic rings. The van der Waals surface area contributed by atoms with Crippen molar-refractivity contribution in [2.45, 2.75) is 20.4 Å². The lowest BCUT2D eigenvalue weighted by molar-refractivity contribution is -0.119. The van der Waals surface area contributed by atoms with E-state index in [-0.39, 0.29) is 12.5 Å². The van der Waals surface area contributed by atoms with Gasteiger partial charge in [-0.1, -0.05) is 30.3 Å². The Morgan fingerprint density at radius 3 is 2.33 bits per heavy atom. The largest absolute Gasteiger partial charge is 0.357 e. The van der Waals surface area contributed by atoms with E-state index in [0.29, 0.717) is 6.54 Å². The third-order valence-corrected chi connectivity index (χ3v) is 4.00. The van der Waals surface area contributed by atoms with Gasteiger partial charge in [-0.3, -0.25) is 9.69 Å². The van der Waals surface area contributed by atoms with Crippen molar-refractivity contribution in [3.8, 4) is 0 Å². The molecule has 0 radical (unpaired) electrons. The van der Waals surface area contributed by atoms with Gasteiger partial charge < -0.3 is 15.5 Å². The van der Waals surface area contributed by atoms with Gasteiger partial charge >= 0.3 is 0 Å². The zero-order valence-electron chi connectivity index (χ0n) is 14.8. The average Bonchev–Trinajstić information content (AvgIpc) is 2.60. The molecule has 2 N–H and O–H groups in total. The molecule has 1 amide bonds. The first-order valence-corrected chi connectivity index (χ1v) is 8.79. The Balaban J connectivity index is 1.85. The minimum atomic E-state index is -0.0318. The highest BCUT2D eigenvalue weighted by Gasteiger charge is 2.19. The van der Waals surface area contributed by atoms with Gasteiger partial charge in [-0.2, -0.15) is 0 Å². The number of hydrogen-bond donors (Lipinski definition) is 2. The summed E-state index contributed by atoms with van der Waals surface area (Å²) in [6, 6.07) is 10.6. The lowest BCUT2D eigenvalue weighted by atomic mass is 10.2. The van der Waals surface area contributed by atoms with Crippen molar-refractivity contribution >= 4 is 11.9 Å². The number of rotatable bonds is 6. The van der Waals surface area contributed by atoms with Crippen LogP contribution in [0.2, 0.25) is 0 Å². The number of likely N-dealkylation sites (N-methyl/N-ethyl adjacent to an activating group) is 1. The van der Waals surface area contributed by atoms with E-state index < -0.39 is 0 Å². The van der Waals surface area contributed by atoms with Crippen LogP contribution in [0.4, 0.5) is 0 Å². The number of benzene rings is 1. The molecular weight excluding hydrogens is 302 g/mol. The molecule has 0 aromatic heterocycles. The van der Waals surface area contributed by atoms with Crippen LogP contribution in [0.15, 0.2) is 35.3 Å². The fraction of sp³-hybridized carbons (Fsp3) is 0.556. The fourth-order valence-electron chi connectivity index (χ4n) is 2.78. The van der Waals surface area contributed by atoms with Gasteiger partial charge in [0.1, 0.15) is 6.54 Å². The fourth-order valence-corrected chi connectivity index (χ4v) is 2.78. The van der Waals surface area contributed by atoms with Gasteiger partial charge in [0.15, 0.2) is 5.96 Å². The lowest BCUT2D eigenvalue weighted by Crippen LogP contribution is -2.52. The predicted molar refractivity (Wildman–Crippen MR) is 98.0 cm³/mol. The standard InChI is InChI=1S/C18H29N5O/c1-3-19-17(24)14-21-18(20-4-2)23-12-10-22(11-13-23)15-16-8-6-5-7-9-16/h5-9H,3-4,10-15H2,1-2H3,(H,19,24)(H,20,21). The summed E-state index contributed by atoms with van der Waals surface area (Å²) in [5, 5.41) is 6.07. The van der Waals surface area contributed by atoms with Crippen LogP contribution in [0.1, 0.15) is 19.4 Å². The van der Waals surface area contributed by atoms with Gasteiger partial charge in [0.2, 0.25) is 5.91 Å². The normalized spacial score (nSPS) is 16.1. The van der Waals surface area contributed by atoms with Crippen molar-refractivity contribution in [3.05, 3.63) is 35.9 Å². The molecule has 0 aliphatic carbocycles. The van der Waals surface area contributed by atoms with E-state index in [4.69, 9.17) is 0 Å². The van der Waals surface area contributed by atoms with Gasteiger partial charge in [-0.15, -0.1) is 0 Å². The van der Waals surface area contributed by atoms with E-state index in [1.54, 1.807) is 0 Å². The van der Waals surface area contributed by atoms with Gasteiger partial charge in [-0.05, 0) is 19.4 Å². The molecule has 0 atom stereocenters. The molecule has 0 spiro atoms. The van der Waals surface area contributed by atoms with E-state index in [1.807, 2.05) is 13.8 Å². The molecule has 1 aliphatic heterocycles. The smallest absolute Gasteiger partial charge is 0.241 e. The number of aliphatic imine (C=N–C) groups is 1. The van der Waals surface area contributed by atoms with Crippen molar-refractivity contribution < 1.29 is 4.79 Å². The zero-order chi connectivity index (χ0) is 17.2. The van der Waals surface area contributed by atoms with Crippen LogP contribution in [-0.4, -0.2) is 67.5 Å². The number of hydrogen-bond acceptors (Lipinski definition) is 3. The van der Waals surface area contributed by atoms with E-state index in [1.165, 1.54) is 5.56 Å². The van der Waals surface area contributed by atoms with Gasteiger partial charge in [0, 0.05) is 45.8 Å². The lowest BCUT2D eigenvalue weighted by Gasteiger charge is -2.36. The summed E-state index contributed by atoms with van der Waals surface area (Å²) >= 11 is 0. The molecule has 1 aromatic carbocycles. The quantitative estimate of drug-likeness (QED) is 0.601. The summed E-state index contributed by atoms with van der Waals surface area (Å²) in [7, 11) is 0. The van der Waals surface area contributed by atoms with Gasteiger partial charge in [-0.25, -0.2) is 4.99 Å². The second-order valence-corrected chi connectivity index (χ2v) is 5.87. The van der Waals surface area contributed by atoms with Crippen LogP contribution >= 0.6 is 0 Å². The zero-order valence-corrected chi connectivity index (χ0v) is 14.8. The van der Waals surface area contributed by atoms with Crippen molar-refractivity contribution in [2.75, 3.05) is 45.8 Å². The molecule has 132 valence electrons. The van der Waals surface area contributed by atoms with Crippen LogP contribution in [0.5, 0.6) is 0 Å². The highest BCUT2D eigenvalue weighted by Crippen LogP contribution is 2.08. The van der Waals surface area contributed by atoms with Crippen molar-refractivity contribution in [2.24, 2.45) is 4.99 Å². The molecular formula is C18H29N5O. The maximum atomic E-state index is 11.6. The van der Waals surface area contributed by atoms with E-state index in [9.17, 15) is 4.79 Å². The number of piperazine rings is 1. The van der Waals surface area contributed by atoms with Crippen LogP contribution in [-0.2, 0) is 11.3 Å². The second-order valence-electron chi connectivity index (χ2n) is 5.87. The number of nitrogens with zero attached hydrogens (tertiary/aromatic N) is 3. The summed E-state index contributed by atoms with van der Waals surface area (Å²) in [5.41, 5.74) is 1.35.